The molecule has 0 saturated carbocycles. The average Bonchev–Trinajstić information content (AvgIpc) is 3.34. The highest BCUT2D eigenvalue weighted by molar-refractivity contribution is 14.0. The molecule has 1 aromatic rings. The van der Waals surface area contributed by atoms with Crippen molar-refractivity contribution in [2.24, 2.45) is 10.9 Å². The van der Waals surface area contributed by atoms with E-state index in [4.69, 9.17) is 16.6 Å². The molecule has 1 atom stereocenters. The molecule has 1 amide bonds. The summed E-state index contributed by atoms with van der Waals surface area (Å²) in [5, 5.41) is 7.54. The molecule has 0 aliphatic carbocycles. The number of hydrogen-bond donors (Lipinski definition) is 2. The first-order valence-electron chi connectivity index (χ1n) is 10.9. The van der Waals surface area contributed by atoms with E-state index in [1.807, 2.05) is 11.0 Å². The molecule has 2 aliphatic rings. The predicted octanol–water partition coefficient (Wildman–Crippen LogP) is 3.66. The van der Waals surface area contributed by atoms with Crippen molar-refractivity contribution in [1.29, 1.82) is 0 Å². The van der Waals surface area contributed by atoms with Crippen molar-refractivity contribution in [3.8, 4) is 0 Å². The standard InChI is InChI=1S/C22H34ClN5O.HI/c1-3-24-22(25-10-5-12-27-11-4-6-21(27)29)26-15-18-9-13-28(16-18)20-14-19(23)8-7-17(20)2;/h7-8,14,18H,3-6,9-13,15-16H2,1-2H3,(H2,24,25,26);1H. The molecule has 3 rings (SSSR count). The number of likely N-dealkylation sites (tertiary alicyclic amines) is 1. The van der Waals surface area contributed by atoms with E-state index in [1.54, 1.807) is 0 Å². The number of nitrogens with zero attached hydrogens (tertiary/aromatic N) is 3. The maximum Gasteiger partial charge on any atom is 0.222 e. The summed E-state index contributed by atoms with van der Waals surface area (Å²) in [6.45, 7) is 10.5. The van der Waals surface area contributed by atoms with E-state index in [9.17, 15) is 4.79 Å². The van der Waals surface area contributed by atoms with Crippen LogP contribution in [0.25, 0.3) is 0 Å². The first-order chi connectivity index (χ1) is 14.1. The van der Waals surface area contributed by atoms with Crippen LogP contribution in [0.4, 0.5) is 5.69 Å². The van der Waals surface area contributed by atoms with Gasteiger partial charge in [-0.1, -0.05) is 17.7 Å². The molecule has 2 heterocycles. The number of hydrogen-bond acceptors (Lipinski definition) is 3. The van der Waals surface area contributed by atoms with Crippen LogP contribution >= 0.6 is 35.6 Å². The number of benzene rings is 1. The summed E-state index contributed by atoms with van der Waals surface area (Å²) in [5.41, 5.74) is 2.51. The average molecular weight is 548 g/mol. The Bertz CT molecular complexity index is 729. The van der Waals surface area contributed by atoms with E-state index in [0.29, 0.717) is 18.2 Å². The second-order valence-electron chi connectivity index (χ2n) is 8.02. The maximum atomic E-state index is 11.7. The van der Waals surface area contributed by atoms with Crippen LogP contribution in [0.1, 0.15) is 38.2 Å². The Morgan fingerprint density at radius 3 is 2.87 bits per heavy atom. The van der Waals surface area contributed by atoms with E-state index in [0.717, 1.165) is 76.1 Å². The lowest BCUT2D eigenvalue weighted by Gasteiger charge is -2.21. The van der Waals surface area contributed by atoms with Crippen molar-refractivity contribution in [3.63, 3.8) is 0 Å². The number of guanidine groups is 1. The Balaban J connectivity index is 0.00000320. The zero-order chi connectivity index (χ0) is 20.6. The van der Waals surface area contributed by atoms with Gasteiger partial charge in [0.05, 0.1) is 0 Å². The Kier molecular flexibility index (Phi) is 10.5. The fraction of sp³-hybridized carbons (Fsp3) is 0.636. The third-order valence-corrected chi connectivity index (χ3v) is 5.95. The number of nitrogens with one attached hydrogen (secondary N) is 2. The summed E-state index contributed by atoms with van der Waals surface area (Å²) in [5.74, 6) is 1.72. The third kappa shape index (κ3) is 7.18. The molecule has 8 heteroatoms. The number of amides is 1. The molecule has 6 nitrogen and oxygen atoms in total. The lowest BCUT2D eigenvalue weighted by Crippen LogP contribution is -2.39. The van der Waals surface area contributed by atoms with E-state index in [2.05, 4.69) is 41.5 Å². The molecule has 0 spiro atoms. The van der Waals surface area contributed by atoms with Crippen molar-refractivity contribution in [3.05, 3.63) is 28.8 Å². The number of aryl methyl sites for hydroxylation is 1. The molecule has 30 heavy (non-hydrogen) atoms. The van der Waals surface area contributed by atoms with Gasteiger partial charge < -0.3 is 20.4 Å². The summed E-state index contributed by atoms with van der Waals surface area (Å²) in [6.07, 6.45) is 3.81. The molecular formula is C22H35ClIN5O. The minimum atomic E-state index is 0. The molecule has 1 unspecified atom stereocenters. The Morgan fingerprint density at radius 1 is 1.30 bits per heavy atom. The molecular weight excluding hydrogens is 513 g/mol. The molecule has 2 aliphatic heterocycles. The second-order valence-corrected chi connectivity index (χ2v) is 8.45. The van der Waals surface area contributed by atoms with Crippen molar-refractivity contribution in [2.45, 2.75) is 39.5 Å². The van der Waals surface area contributed by atoms with Crippen LogP contribution in [-0.2, 0) is 4.79 Å². The Hall–Kier alpha value is -1.22. The molecule has 2 saturated heterocycles. The molecule has 168 valence electrons. The van der Waals surface area contributed by atoms with Gasteiger partial charge in [-0.2, -0.15) is 0 Å². The summed E-state index contributed by atoms with van der Waals surface area (Å²) >= 11 is 6.19. The lowest BCUT2D eigenvalue weighted by atomic mass is 10.1. The van der Waals surface area contributed by atoms with Crippen LogP contribution in [0.2, 0.25) is 5.02 Å². The first-order valence-corrected chi connectivity index (χ1v) is 11.3. The summed E-state index contributed by atoms with van der Waals surface area (Å²) < 4.78 is 0. The van der Waals surface area contributed by atoms with Crippen molar-refractivity contribution < 1.29 is 4.79 Å². The highest BCUT2D eigenvalue weighted by atomic mass is 127. The molecule has 1 aromatic carbocycles. The van der Waals surface area contributed by atoms with Crippen molar-refractivity contribution >= 4 is 53.1 Å². The quantitative estimate of drug-likeness (QED) is 0.226. The zero-order valence-electron chi connectivity index (χ0n) is 18.1. The molecule has 0 bridgehead atoms. The van der Waals surface area contributed by atoms with E-state index in [1.165, 1.54) is 11.3 Å². The van der Waals surface area contributed by atoms with Crippen LogP contribution in [-0.4, -0.2) is 62.6 Å². The first kappa shape index (κ1) is 25.0. The topological polar surface area (TPSA) is 60.0 Å². The van der Waals surface area contributed by atoms with Gasteiger partial charge in [0.2, 0.25) is 5.91 Å². The Morgan fingerprint density at radius 2 is 2.13 bits per heavy atom. The van der Waals surface area contributed by atoms with Gasteiger partial charge >= 0.3 is 0 Å². The Labute approximate surface area is 202 Å². The van der Waals surface area contributed by atoms with Crippen LogP contribution in [0.15, 0.2) is 23.2 Å². The second kappa shape index (κ2) is 12.6. The lowest BCUT2D eigenvalue weighted by molar-refractivity contribution is -0.127. The summed E-state index contributed by atoms with van der Waals surface area (Å²) in [6, 6.07) is 6.11. The number of rotatable bonds is 8. The molecule has 0 radical (unpaired) electrons. The fourth-order valence-corrected chi connectivity index (χ4v) is 4.27. The number of carbonyl (C=O) groups excluding carboxylic acids is 1. The smallest absolute Gasteiger partial charge is 0.222 e. The summed E-state index contributed by atoms with van der Waals surface area (Å²) in [4.78, 5) is 20.9. The van der Waals surface area contributed by atoms with Crippen molar-refractivity contribution in [1.82, 2.24) is 15.5 Å². The van der Waals surface area contributed by atoms with Crippen LogP contribution in [0, 0.1) is 12.8 Å². The fourth-order valence-electron chi connectivity index (χ4n) is 4.10. The summed E-state index contributed by atoms with van der Waals surface area (Å²) in [7, 11) is 0. The molecule has 0 aromatic heterocycles. The van der Waals surface area contributed by atoms with Crippen LogP contribution in [0.3, 0.4) is 0 Å². The SMILES string of the molecule is CCNC(=NCC1CCN(c2cc(Cl)ccc2C)C1)NCCCN1CCCC1=O.I. The van der Waals surface area contributed by atoms with Crippen molar-refractivity contribution in [2.75, 3.05) is 50.7 Å². The monoisotopic (exact) mass is 547 g/mol. The zero-order valence-corrected chi connectivity index (χ0v) is 21.2. The van der Waals surface area contributed by atoms with Crippen LogP contribution in [0.5, 0.6) is 0 Å². The van der Waals surface area contributed by atoms with E-state index in [-0.39, 0.29) is 24.0 Å². The van der Waals surface area contributed by atoms with Gasteiger partial charge in [0, 0.05) is 62.9 Å². The number of aliphatic imine (C=N–C) groups is 1. The van der Waals surface area contributed by atoms with Gasteiger partial charge in [-0.15, -0.1) is 24.0 Å². The van der Waals surface area contributed by atoms with Crippen LogP contribution < -0.4 is 15.5 Å². The van der Waals surface area contributed by atoms with E-state index < -0.39 is 0 Å². The highest BCUT2D eigenvalue weighted by Crippen LogP contribution is 2.29. The van der Waals surface area contributed by atoms with Gasteiger partial charge in [-0.3, -0.25) is 9.79 Å². The maximum absolute atomic E-state index is 11.7. The third-order valence-electron chi connectivity index (χ3n) is 5.72. The normalized spacial score (nSPS) is 19.2. The van der Waals surface area contributed by atoms with E-state index >= 15 is 0 Å². The number of carbonyl (C=O) groups is 1. The van der Waals surface area contributed by atoms with Gasteiger partial charge in [0.25, 0.3) is 0 Å². The van der Waals surface area contributed by atoms with Gasteiger partial charge in [-0.25, -0.2) is 0 Å². The number of anilines is 1. The predicted molar refractivity (Wildman–Crippen MR) is 136 cm³/mol. The van der Waals surface area contributed by atoms with Gasteiger partial charge in [-0.05, 0) is 56.7 Å². The van der Waals surface area contributed by atoms with Gasteiger partial charge in [0.1, 0.15) is 0 Å². The highest BCUT2D eigenvalue weighted by Gasteiger charge is 2.24. The minimum Gasteiger partial charge on any atom is -0.371 e. The largest absolute Gasteiger partial charge is 0.371 e. The van der Waals surface area contributed by atoms with Gasteiger partial charge in [0.15, 0.2) is 5.96 Å². The molecule has 2 fully saturated rings. The molecule has 2 N–H and O–H groups in total. The number of halogens is 2. The minimum absolute atomic E-state index is 0.